The molecule has 2 aromatic carbocycles. The molecule has 0 heterocycles. The predicted octanol–water partition coefficient (Wildman–Crippen LogP) is 4.09. The van der Waals surface area contributed by atoms with E-state index in [-0.39, 0.29) is 11.8 Å². The molecule has 2 aromatic rings. The topological polar surface area (TPSA) is 38.3 Å². The molecular weight excluding hydrogens is 286 g/mol. The molecule has 0 bridgehead atoms. The van der Waals surface area contributed by atoms with E-state index in [1.165, 1.54) is 35.6 Å². The van der Waals surface area contributed by atoms with Crippen LogP contribution in [-0.4, -0.2) is 19.6 Å². The van der Waals surface area contributed by atoms with E-state index in [1.807, 2.05) is 6.07 Å². The van der Waals surface area contributed by atoms with Gasteiger partial charge in [-0.15, -0.1) is 0 Å². The van der Waals surface area contributed by atoms with Crippen LogP contribution in [0.4, 0.5) is 0 Å². The van der Waals surface area contributed by atoms with E-state index >= 15 is 0 Å². The van der Waals surface area contributed by atoms with Crippen LogP contribution in [0.3, 0.4) is 0 Å². The predicted molar refractivity (Wildman–Crippen MR) is 93.8 cm³/mol. The number of benzene rings is 2. The number of hydrogen-bond donors (Lipinski definition) is 1. The average Bonchev–Trinajstić information content (AvgIpc) is 2.61. The molecule has 23 heavy (non-hydrogen) atoms. The van der Waals surface area contributed by atoms with Gasteiger partial charge in [0.25, 0.3) is 0 Å². The molecule has 1 N–H and O–H groups in total. The molecule has 0 atom stereocenters. The second-order valence-corrected chi connectivity index (χ2v) is 6.42. The second-order valence-electron chi connectivity index (χ2n) is 6.42. The molecule has 122 valence electrons. The van der Waals surface area contributed by atoms with Gasteiger partial charge >= 0.3 is 0 Å². The van der Waals surface area contributed by atoms with E-state index in [2.05, 4.69) is 35.6 Å². The molecule has 0 unspecified atom stereocenters. The summed E-state index contributed by atoms with van der Waals surface area (Å²) in [6.45, 7) is 0.713. The minimum atomic E-state index is 0.240. The van der Waals surface area contributed by atoms with Gasteiger partial charge in [-0.3, -0.25) is 4.79 Å². The molecule has 1 aliphatic rings. The standard InChI is InChI=1S/C20H25NO2/c1-23-19-10-9-16-8-7-15(13-18(16)14-19)11-12-21-20(22)17-5-3-2-4-6-17/h7-10,13-14,17H,2-6,11-12H2,1H3,(H,21,22). The molecule has 3 nitrogen and oxygen atoms in total. The third kappa shape index (κ3) is 4.04. The van der Waals surface area contributed by atoms with Crippen molar-refractivity contribution in [1.29, 1.82) is 0 Å². The van der Waals surface area contributed by atoms with Crippen LogP contribution < -0.4 is 10.1 Å². The number of hydrogen-bond acceptors (Lipinski definition) is 2. The first kappa shape index (κ1) is 15.9. The van der Waals surface area contributed by atoms with Gasteiger partial charge in [-0.25, -0.2) is 0 Å². The fourth-order valence-corrected chi connectivity index (χ4v) is 3.40. The summed E-state index contributed by atoms with van der Waals surface area (Å²) in [5.74, 6) is 1.36. The Hall–Kier alpha value is -2.03. The summed E-state index contributed by atoms with van der Waals surface area (Å²) in [4.78, 5) is 12.2. The van der Waals surface area contributed by atoms with Gasteiger partial charge in [0.05, 0.1) is 7.11 Å². The monoisotopic (exact) mass is 311 g/mol. The Labute approximate surface area is 138 Å². The van der Waals surface area contributed by atoms with Crippen molar-refractivity contribution in [2.45, 2.75) is 38.5 Å². The normalized spacial score (nSPS) is 15.5. The summed E-state index contributed by atoms with van der Waals surface area (Å²) < 4.78 is 5.28. The number of rotatable bonds is 5. The summed E-state index contributed by atoms with van der Waals surface area (Å²) in [5.41, 5.74) is 1.25. The highest BCUT2D eigenvalue weighted by Crippen LogP contribution is 2.24. The summed E-state index contributed by atoms with van der Waals surface area (Å²) in [6, 6.07) is 12.6. The van der Waals surface area contributed by atoms with Crippen molar-refractivity contribution in [3.8, 4) is 5.75 Å². The molecule has 3 heteroatoms. The first-order chi connectivity index (χ1) is 11.3. The Bertz CT molecular complexity index is 674. The summed E-state index contributed by atoms with van der Waals surface area (Å²) in [6.07, 6.45) is 6.66. The van der Waals surface area contributed by atoms with Crippen LogP contribution in [0.5, 0.6) is 5.75 Å². The zero-order valence-corrected chi connectivity index (χ0v) is 13.8. The summed E-state index contributed by atoms with van der Waals surface area (Å²) in [7, 11) is 1.69. The zero-order chi connectivity index (χ0) is 16.1. The lowest BCUT2D eigenvalue weighted by molar-refractivity contribution is -0.125. The first-order valence-corrected chi connectivity index (χ1v) is 8.60. The molecule has 0 radical (unpaired) electrons. The smallest absolute Gasteiger partial charge is 0.223 e. The maximum Gasteiger partial charge on any atom is 0.223 e. The number of carbonyl (C=O) groups is 1. The largest absolute Gasteiger partial charge is 0.497 e. The molecule has 3 rings (SSSR count). The summed E-state index contributed by atoms with van der Waals surface area (Å²) in [5, 5.41) is 5.50. The molecule has 0 aliphatic heterocycles. The van der Waals surface area contributed by atoms with E-state index in [1.54, 1.807) is 7.11 Å². The Morgan fingerprint density at radius 1 is 1.09 bits per heavy atom. The van der Waals surface area contributed by atoms with Gasteiger partial charge in [-0.1, -0.05) is 43.5 Å². The minimum Gasteiger partial charge on any atom is -0.497 e. The quantitative estimate of drug-likeness (QED) is 0.903. The lowest BCUT2D eigenvalue weighted by Crippen LogP contribution is -2.33. The SMILES string of the molecule is COc1ccc2ccc(CCNC(=O)C3CCCCC3)cc2c1. The van der Waals surface area contributed by atoms with Gasteiger partial charge in [-0.05, 0) is 47.7 Å². The van der Waals surface area contributed by atoms with Crippen LogP contribution in [0.25, 0.3) is 10.8 Å². The highest BCUT2D eigenvalue weighted by atomic mass is 16.5. The van der Waals surface area contributed by atoms with Gasteiger partial charge < -0.3 is 10.1 Å². The Kier molecular flexibility index (Phi) is 5.16. The fourth-order valence-electron chi connectivity index (χ4n) is 3.40. The van der Waals surface area contributed by atoms with Crippen molar-refractivity contribution < 1.29 is 9.53 Å². The van der Waals surface area contributed by atoms with E-state index < -0.39 is 0 Å². The lowest BCUT2D eigenvalue weighted by atomic mass is 9.88. The van der Waals surface area contributed by atoms with Crippen molar-refractivity contribution in [2.24, 2.45) is 5.92 Å². The van der Waals surface area contributed by atoms with Crippen molar-refractivity contribution in [3.05, 3.63) is 42.0 Å². The average molecular weight is 311 g/mol. The number of methoxy groups -OCH3 is 1. The number of amides is 1. The number of ether oxygens (including phenoxy) is 1. The van der Waals surface area contributed by atoms with Crippen LogP contribution in [0.1, 0.15) is 37.7 Å². The van der Waals surface area contributed by atoms with Crippen molar-refractivity contribution in [3.63, 3.8) is 0 Å². The lowest BCUT2D eigenvalue weighted by Gasteiger charge is -2.20. The van der Waals surface area contributed by atoms with E-state index in [0.717, 1.165) is 25.0 Å². The van der Waals surface area contributed by atoms with Gasteiger partial charge in [-0.2, -0.15) is 0 Å². The molecule has 0 saturated heterocycles. The highest BCUT2D eigenvalue weighted by Gasteiger charge is 2.20. The van der Waals surface area contributed by atoms with Gasteiger partial charge in [0.1, 0.15) is 5.75 Å². The van der Waals surface area contributed by atoms with Crippen LogP contribution in [-0.2, 0) is 11.2 Å². The molecular formula is C20H25NO2. The molecule has 1 aliphatic carbocycles. The number of nitrogens with one attached hydrogen (secondary N) is 1. The van der Waals surface area contributed by atoms with E-state index in [0.29, 0.717) is 6.54 Å². The highest BCUT2D eigenvalue weighted by molar-refractivity contribution is 5.84. The van der Waals surface area contributed by atoms with E-state index in [4.69, 9.17) is 4.74 Å². The van der Waals surface area contributed by atoms with Crippen LogP contribution >= 0.6 is 0 Å². The number of carbonyl (C=O) groups excluding carboxylic acids is 1. The Morgan fingerprint density at radius 3 is 2.65 bits per heavy atom. The fraction of sp³-hybridized carbons (Fsp3) is 0.450. The van der Waals surface area contributed by atoms with Gasteiger partial charge in [0.2, 0.25) is 5.91 Å². The third-order valence-electron chi connectivity index (χ3n) is 4.80. The zero-order valence-electron chi connectivity index (χ0n) is 13.8. The third-order valence-corrected chi connectivity index (χ3v) is 4.80. The van der Waals surface area contributed by atoms with Crippen molar-refractivity contribution in [2.75, 3.05) is 13.7 Å². The molecule has 1 saturated carbocycles. The van der Waals surface area contributed by atoms with Crippen LogP contribution in [0.2, 0.25) is 0 Å². The van der Waals surface area contributed by atoms with Crippen LogP contribution in [0, 0.1) is 5.92 Å². The maximum absolute atomic E-state index is 12.2. The van der Waals surface area contributed by atoms with Crippen LogP contribution in [0.15, 0.2) is 36.4 Å². The molecule has 0 aromatic heterocycles. The Balaban J connectivity index is 1.57. The molecule has 0 spiro atoms. The van der Waals surface area contributed by atoms with Gasteiger partial charge in [0, 0.05) is 12.5 Å². The van der Waals surface area contributed by atoms with Gasteiger partial charge in [0.15, 0.2) is 0 Å². The van der Waals surface area contributed by atoms with Crippen molar-refractivity contribution >= 4 is 16.7 Å². The second kappa shape index (κ2) is 7.49. The Morgan fingerprint density at radius 2 is 1.87 bits per heavy atom. The molecule has 1 fully saturated rings. The summed E-state index contributed by atoms with van der Waals surface area (Å²) >= 11 is 0. The first-order valence-electron chi connectivity index (χ1n) is 8.60. The maximum atomic E-state index is 12.2. The van der Waals surface area contributed by atoms with E-state index in [9.17, 15) is 4.79 Å². The van der Waals surface area contributed by atoms with Crippen molar-refractivity contribution in [1.82, 2.24) is 5.32 Å². The number of fused-ring (bicyclic) bond motifs is 1. The molecule has 1 amide bonds. The minimum absolute atomic E-state index is 0.240.